The molecular weight excluding hydrogens is 404 g/mol. The Morgan fingerprint density at radius 2 is 1.53 bits per heavy atom. The van der Waals surface area contributed by atoms with Gasteiger partial charge in [0.2, 0.25) is 5.91 Å². The largest absolute Gasteiger partial charge is 0.391 e. The highest BCUT2D eigenvalue weighted by Gasteiger charge is 2.39. The average Bonchev–Trinajstić information content (AvgIpc) is 3.40. The van der Waals surface area contributed by atoms with Crippen LogP contribution >= 0.6 is 11.6 Å². The summed E-state index contributed by atoms with van der Waals surface area (Å²) in [6, 6.07) is 13.3. The van der Waals surface area contributed by atoms with E-state index in [1.54, 1.807) is 24.3 Å². The quantitative estimate of drug-likeness (QED) is 0.695. The Morgan fingerprint density at radius 3 is 2.20 bits per heavy atom. The van der Waals surface area contributed by atoms with E-state index in [0.717, 1.165) is 18.8 Å². The molecular formula is C22H25ClN4O3. The lowest BCUT2D eigenvalue weighted by Gasteiger charge is -2.24. The summed E-state index contributed by atoms with van der Waals surface area (Å²) >= 11 is 5.87. The molecule has 0 spiro atoms. The third kappa shape index (κ3) is 4.68. The fourth-order valence-corrected chi connectivity index (χ4v) is 4.10. The molecule has 3 amide bonds. The first kappa shape index (κ1) is 20.5. The minimum Gasteiger partial charge on any atom is -0.391 e. The van der Waals surface area contributed by atoms with E-state index < -0.39 is 18.2 Å². The van der Waals surface area contributed by atoms with Crippen molar-refractivity contribution >= 4 is 40.6 Å². The molecule has 7 nitrogen and oxygen atoms in total. The van der Waals surface area contributed by atoms with Crippen LogP contribution in [0.2, 0.25) is 5.02 Å². The summed E-state index contributed by atoms with van der Waals surface area (Å²) in [6.07, 6.45) is 1.87. The fraction of sp³-hybridized carbons (Fsp3) is 0.364. The molecule has 2 heterocycles. The van der Waals surface area contributed by atoms with Crippen LogP contribution in [-0.4, -0.2) is 53.7 Å². The smallest absolute Gasteiger partial charge is 0.322 e. The molecule has 0 radical (unpaired) electrons. The van der Waals surface area contributed by atoms with Crippen LogP contribution in [-0.2, 0) is 4.79 Å². The van der Waals surface area contributed by atoms with E-state index in [-0.39, 0.29) is 18.9 Å². The maximum absolute atomic E-state index is 12.8. The number of carbonyl (C=O) groups excluding carboxylic acids is 2. The third-order valence-corrected chi connectivity index (χ3v) is 5.80. The Labute approximate surface area is 180 Å². The monoisotopic (exact) mass is 428 g/mol. The molecule has 2 atom stereocenters. The summed E-state index contributed by atoms with van der Waals surface area (Å²) in [6.45, 7) is 2.22. The molecule has 0 aromatic heterocycles. The molecule has 0 aliphatic carbocycles. The number of anilines is 3. The van der Waals surface area contributed by atoms with Crippen molar-refractivity contribution in [2.24, 2.45) is 0 Å². The van der Waals surface area contributed by atoms with E-state index in [4.69, 9.17) is 11.6 Å². The van der Waals surface area contributed by atoms with E-state index in [1.807, 2.05) is 24.3 Å². The first-order chi connectivity index (χ1) is 14.5. The van der Waals surface area contributed by atoms with Crippen LogP contribution in [0.5, 0.6) is 0 Å². The van der Waals surface area contributed by atoms with E-state index in [0.29, 0.717) is 16.4 Å². The Kier molecular flexibility index (Phi) is 6.11. The van der Waals surface area contributed by atoms with E-state index >= 15 is 0 Å². The van der Waals surface area contributed by atoms with Crippen molar-refractivity contribution < 1.29 is 14.7 Å². The lowest BCUT2D eigenvalue weighted by molar-refractivity contribution is -0.119. The van der Waals surface area contributed by atoms with Gasteiger partial charge in [0.15, 0.2) is 0 Å². The van der Waals surface area contributed by atoms with Crippen molar-refractivity contribution in [3.8, 4) is 0 Å². The Hall–Kier alpha value is -2.77. The first-order valence-corrected chi connectivity index (χ1v) is 10.5. The summed E-state index contributed by atoms with van der Waals surface area (Å²) in [5.41, 5.74) is 2.38. The Balaban J connectivity index is 1.40. The van der Waals surface area contributed by atoms with Gasteiger partial charge in [-0.05, 0) is 61.4 Å². The second-order valence-electron chi connectivity index (χ2n) is 7.73. The van der Waals surface area contributed by atoms with Crippen molar-refractivity contribution in [2.45, 2.75) is 31.4 Å². The van der Waals surface area contributed by atoms with Crippen molar-refractivity contribution in [2.75, 3.05) is 35.2 Å². The van der Waals surface area contributed by atoms with Gasteiger partial charge in [0.05, 0.1) is 6.10 Å². The van der Waals surface area contributed by atoms with Crippen molar-refractivity contribution in [3.05, 3.63) is 53.6 Å². The predicted octanol–water partition coefficient (Wildman–Crippen LogP) is 3.55. The molecule has 4 rings (SSSR count). The molecule has 2 unspecified atom stereocenters. The van der Waals surface area contributed by atoms with Crippen LogP contribution in [0.3, 0.4) is 0 Å². The summed E-state index contributed by atoms with van der Waals surface area (Å²) in [5, 5.41) is 16.3. The van der Waals surface area contributed by atoms with Gasteiger partial charge in [-0.15, -0.1) is 0 Å². The number of amides is 3. The standard InChI is InChI=1S/C22H25ClN4O3/c23-15-3-5-17(6-4-15)25-22(30)27-14-19(28)13-20(27)21(29)24-16-7-9-18(10-8-16)26-11-1-2-12-26/h3-10,19-20,28H,1-2,11-14H2,(H,24,29)(H,25,30). The third-order valence-electron chi connectivity index (χ3n) is 5.54. The number of carbonyl (C=O) groups is 2. The van der Waals surface area contributed by atoms with Gasteiger partial charge in [-0.25, -0.2) is 4.79 Å². The minimum absolute atomic E-state index is 0.103. The van der Waals surface area contributed by atoms with E-state index in [1.165, 1.54) is 17.7 Å². The van der Waals surface area contributed by atoms with Gasteiger partial charge < -0.3 is 25.5 Å². The van der Waals surface area contributed by atoms with Crippen molar-refractivity contribution in [1.29, 1.82) is 0 Å². The van der Waals surface area contributed by atoms with Crippen molar-refractivity contribution in [1.82, 2.24) is 4.90 Å². The number of rotatable bonds is 4. The lowest BCUT2D eigenvalue weighted by Crippen LogP contribution is -2.45. The summed E-state index contributed by atoms with van der Waals surface area (Å²) < 4.78 is 0. The predicted molar refractivity (Wildman–Crippen MR) is 118 cm³/mol. The molecule has 2 aliphatic rings. The molecule has 2 fully saturated rings. The molecule has 2 aromatic rings. The highest BCUT2D eigenvalue weighted by atomic mass is 35.5. The molecule has 30 heavy (non-hydrogen) atoms. The number of β-amino-alcohol motifs (C(OH)–C–C–N with tert-alkyl or cyclic N) is 1. The van der Waals surface area contributed by atoms with Crippen LogP contribution in [0.4, 0.5) is 21.9 Å². The molecule has 158 valence electrons. The van der Waals surface area contributed by atoms with Gasteiger partial charge in [-0.1, -0.05) is 11.6 Å². The van der Waals surface area contributed by atoms with Crippen LogP contribution in [0.1, 0.15) is 19.3 Å². The number of aliphatic hydroxyl groups excluding tert-OH is 1. The zero-order valence-electron chi connectivity index (χ0n) is 16.6. The molecule has 8 heteroatoms. The van der Waals surface area contributed by atoms with Crippen LogP contribution in [0.25, 0.3) is 0 Å². The second-order valence-corrected chi connectivity index (χ2v) is 8.16. The number of urea groups is 1. The summed E-state index contributed by atoms with van der Waals surface area (Å²) in [7, 11) is 0. The average molecular weight is 429 g/mol. The van der Waals surface area contributed by atoms with Gasteiger partial charge in [-0.3, -0.25) is 4.79 Å². The first-order valence-electron chi connectivity index (χ1n) is 10.2. The molecule has 0 bridgehead atoms. The highest BCUT2D eigenvalue weighted by molar-refractivity contribution is 6.30. The number of aliphatic hydroxyl groups is 1. The number of likely N-dealkylation sites (tertiary alicyclic amines) is 1. The van der Waals surface area contributed by atoms with Gasteiger partial charge in [0, 0.05) is 48.1 Å². The number of hydrogen-bond donors (Lipinski definition) is 3. The van der Waals surface area contributed by atoms with E-state index in [2.05, 4.69) is 15.5 Å². The molecule has 2 aliphatic heterocycles. The van der Waals surface area contributed by atoms with Crippen LogP contribution in [0.15, 0.2) is 48.5 Å². The normalized spacial score (nSPS) is 21.0. The Bertz CT molecular complexity index is 898. The summed E-state index contributed by atoms with van der Waals surface area (Å²) in [5.74, 6) is -0.313. The number of nitrogens with zero attached hydrogens (tertiary/aromatic N) is 2. The Morgan fingerprint density at radius 1 is 0.933 bits per heavy atom. The zero-order valence-corrected chi connectivity index (χ0v) is 17.3. The SMILES string of the molecule is O=C(Nc1ccc(N2CCCC2)cc1)C1CC(O)CN1C(=O)Nc1ccc(Cl)cc1. The van der Waals surface area contributed by atoms with E-state index in [9.17, 15) is 14.7 Å². The van der Waals surface area contributed by atoms with Crippen LogP contribution in [0, 0.1) is 0 Å². The fourth-order valence-electron chi connectivity index (χ4n) is 3.97. The van der Waals surface area contributed by atoms with Crippen LogP contribution < -0.4 is 15.5 Å². The molecule has 3 N–H and O–H groups in total. The van der Waals surface area contributed by atoms with Gasteiger partial charge in [0.1, 0.15) is 6.04 Å². The molecule has 0 saturated carbocycles. The molecule has 2 saturated heterocycles. The maximum Gasteiger partial charge on any atom is 0.322 e. The van der Waals surface area contributed by atoms with Gasteiger partial charge in [-0.2, -0.15) is 0 Å². The highest BCUT2D eigenvalue weighted by Crippen LogP contribution is 2.24. The van der Waals surface area contributed by atoms with Crippen molar-refractivity contribution in [3.63, 3.8) is 0 Å². The minimum atomic E-state index is -0.745. The number of nitrogens with one attached hydrogen (secondary N) is 2. The maximum atomic E-state index is 12.8. The lowest BCUT2D eigenvalue weighted by atomic mass is 10.1. The number of benzene rings is 2. The number of hydrogen-bond acceptors (Lipinski definition) is 4. The topological polar surface area (TPSA) is 84.9 Å². The zero-order chi connectivity index (χ0) is 21.1. The van der Waals surface area contributed by atoms with Gasteiger partial charge >= 0.3 is 6.03 Å². The second kappa shape index (κ2) is 8.93. The van der Waals surface area contributed by atoms with Gasteiger partial charge in [0.25, 0.3) is 0 Å². The summed E-state index contributed by atoms with van der Waals surface area (Å²) in [4.78, 5) is 29.2. The number of halogens is 1. The molecule has 2 aromatic carbocycles.